The van der Waals surface area contributed by atoms with Crippen molar-refractivity contribution in [1.82, 2.24) is 15.5 Å². The molecule has 3 rings (SSSR count). The number of carbonyl (C=O) groups is 1. The lowest BCUT2D eigenvalue weighted by Gasteiger charge is -2.09. The Morgan fingerprint density at radius 1 is 1.36 bits per heavy atom. The third kappa shape index (κ3) is 3.42. The Morgan fingerprint density at radius 3 is 2.91 bits per heavy atom. The zero-order chi connectivity index (χ0) is 15.4. The fourth-order valence-corrected chi connectivity index (χ4v) is 2.68. The van der Waals surface area contributed by atoms with E-state index in [9.17, 15) is 9.18 Å². The molecule has 0 spiro atoms. The van der Waals surface area contributed by atoms with E-state index in [1.807, 2.05) is 0 Å². The summed E-state index contributed by atoms with van der Waals surface area (Å²) in [6, 6.07) is 6.20. The van der Waals surface area contributed by atoms with E-state index >= 15 is 0 Å². The maximum Gasteiger partial charge on any atom is 0.220 e. The minimum absolute atomic E-state index is 0.0443. The minimum Gasteiger partial charge on any atom is -0.352 e. The van der Waals surface area contributed by atoms with Gasteiger partial charge in [-0.05, 0) is 43.0 Å². The van der Waals surface area contributed by atoms with Gasteiger partial charge in [-0.2, -0.15) is 5.10 Å². The molecule has 0 saturated carbocycles. The van der Waals surface area contributed by atoms with Crippen molar-refractivity contribution in [3.8, 4) is 11.3 Å². The topological polar surface area (TPSA) is 57.8 Å². The molecule has 2 aromatic rings. The lowest BCUT2D eigenvalue weighted by molar-refractivity contribution is -0.121. The van der Waals surface area contributed by atoms with Crippen LogP contribution >= 0.6 is 0 Å². The monoisotopic (exact) mass is 299 g/mol. The van der Waals surface area contributed by atoms with Crippen molar-refractivity contribution in [3.05, 3.63) is 54.0 Å². The van der Waals surface area contributed by atoms with Crippen molar-refractivity contribution < 1.29 is 9.18 Å². The van der Waals surface area contributed by atoms with E-state index in [1.165, 1.54) is 12.1 Å². The summed E-state index contributed by atoms with van der Waals surface area (Å²) < 4.78 is 13.0. The number of benzene rings is 1. The molecule has 1 aliphatic carbocycles. The zero-order valence-corrected chi connectivity index (χ0v) is 12.2. The standard InChI is InChI=1S/C17H18FN3O/c18-15-7-5-13(6-8-15)17-14(11-20-21-17)10-19-16(22)9-12-3-1-2-4-12/h1,3,5-8,11-12H,2,4,9-10H2,(H,19,22)(H,20,21)/t12-/m0/s1. The predicted molar refractivity (Wildman–Crippen MR) is 82.3 cm³/mol. The summed E-state index contributed by atoms with van der Waals surface area (Å²) in [5.41, 5.74) is 2.55. The number of hydrogen-bond donors (Lipinski definition) is 2. The molecule has 1 amide bonds. The Morgan fingerprint density at radius 2 is 2.18 bits per heavy atom. The van der Waals surface area contributed by atoms with Gasteiger partial charge in [0.15, 0.2) is 0 Å². The van der Waals surface area contributed by atoms with Gasteiger partial charge in [-0.3, -0.25) is 9.89 Å². The van der Waals surface area contributed by atoms with Crippen molar-refractivity contribution in [2.24, 2.45) is 5.92 Å². The molecule has 114 valence electrons. The summed E-state index contributed by atoms with van der Waals surface area (Å²) in [7, 11) is 0. The zero-order valence-electron chi connectivity index (χ0n) is 12.2. The van der Waals surface area contributed by atoms with E-state index in [0.717, 1.165) is 29.7 Å². The van der Waals surface area contributed by atoms with Gasteiger partial charge in [0, 0.05) is 24.1 Å². The van der Waals surface area contributed by atoms with Gasteiger partial charge < -0.3 is 5.32 Å². The Hall–Kier alpha value is -2.43. The molecule has 0 bridgehead atoms. The predicted octanol–water partition coefficient (Wildman–Crippen LogP) is 3.19. The van der Waals surface area contributed by atoms with Gasteiger partial charge in [0.2, 0.25) is 5.91 Å². The average molecular weight is 299 g/mol. The summed E-state index contributed by atoms with van der Waals surface area (Å²) in [6.07, 6.45) is 8.57. The molecule has 0 aliphatic heterocycles. The lowest BCUT2D eigenvalue weighted by atomic mass is 10.0. The second-order valence-corrected chi connectivity index (χ2v) is 5.52. The van der Waals surface area contributed by atoms with Gasteiger partial charge in [0.1, 0.15) is 5.82 Å². The Bertz CT molecular complexity index is 675. The van der Waals surface area contributed by atoms with E-state index in [4.69, 9.17) is 0 Å². The first-order chi connectivity index (χ1) is 10.7. The molecule has 0 saturated heterocycles. The van der Waals surface area contributed by atoms with Crippen LogP contribution in [0.15, 0.2) is 42.6 Å². The maximum atomic E-state index is 13.0. The average Bonchev–Trinajstić information content (AvgIpc) is 3.17. The third-order valence-electron chi connectivity index (χ3n) is 3.89. The number of rotatable bonds is 5. The number of H-pyrrole nitrogens is 1. The summed E-state index contributed by atoms with van der Waals surface area (Å²) in [6.45, 7) is 0.415. The van der Waals surface area contributed by atoms with Crippen LogP contribution in [-0.4, -0.2) is 16.1 Å². The van der Waals surface area contributed by atoms with Crippen LogP contribution in [-0.2, 0) is 11.3 Å². The molecule has 1 aromatic carbocycles. The third-order valence-corrected chi connectivity index (χ3v) is 3.89. The van der Waals surface area contributed by atoms with Gasteiger partial charge in [0.05, 0.1) is 11.9 Å². The number of aromatic nitrogens is 2. The summed E-state index contributed by atoms with van der Waals surface area (Å²) in [4.78, 5) is 12.0. The van der Waals surface area contributed by atoms with Crippen LogP contribution in [0.1, 0.15) is 24.8 Å². The van der Waals surface area contributed by atoms with Gasteiger partial charge in [-0.1, -0.05) is 12.2 Å². The minimum atomic E-state index is -0.275. The van der Waals surface area contributed by atoms with Gasteiger partial charge in [0.25, 0.3) is 0 Å². The number of hydrogen-bond acceptors (Lipinski definition) is 2. The van der Waals surface area contributed by atoms with Crippen LogP contribution in [0.25, 0.3) is 11.3 Å². The molecule has 1 aromatic heterocycles. The van der Waals surface area contributed by atoms with E-state index < -0.39 is 0 Å². The van der Waals surface area contributed by atoms with Gasteiger partial charge >= 0.3 is 0 Å². The molecular formula is C17H18FN3O. The quantitative estimate of drug-likeness (QED) is 0.833. The van der Waals surface area contributed by atoms with E-state index in [2.05, 4.69) is 27.7 Å². The fourth-order valence-electron chi connectivity index (χ4n) is 2.68. The SMILES string of the molecule is O=C(C[C@H]1C=CCC1)NCc1cn[nH]c1-c1ccc(F)cc1. The first-order valence-electron chi connectivity index (χ1n) is 7.44. The summed E-state index contributed by atoms with van der Waals surface area (Å²) >= 11 is 0. The van der Waals surface area contributed by atoms with Gasteiger partial charge in [-0.25, -0.2) is 4.39 Å². The van der Waals surface area contributed by atoms with Crippen LogP contribution in [0.5, 0.6) is 0 Å². The molecule has 2 N–H and O–H groups in total. The Balaban J connectivity index is 1.61. The molecular weight excluding hydrogens is 281 g/mol. The number of allylic oxidation sites excluding steroid dienone is 2. The number of nitrogens with one attached hydrogen (secondary N) is 2. The highest BCUT2D eigenvalue weighted by atomic mass is 19.1. The van der Waals surface area contributed by atoms with E-state index in [1.54, 1.807) is 18.3 Å². The highest BCUT2D eigenvalue weighted by molar-refractivity contribution is 5.76. The van der Waals surface area contributed by atoms with Crippen molar-refractivity contribution in [3.63, 3.8) is 0 Å². The first kappa shape index (κ1) is 14.5. The smallest absolute Gasteiger partial charge is 0.220 e. The largest absolute Gasteiger partial charge is 0.352 e. The second-order valence-electron chi connectivity index (χ2n) is 5.52. The number of nitrogens with zero attached hydrogens (tertiary/aromatic N) is 1. The molecule has 1 atom stereocenters. The molecule has 0 fully saturated rings. The fraction of sp³-hybridized carbons (Fsp3) is 0.294. The molecule has 0 unspecified atom stereocenters. The van der Waals surface area contributed by atoms with Crippen molar-refractivity contribution in [2.45, 2.75) is 25.8 Å². The van der Waals surface area contributed by atoms with Gasteiger partial charge in [-0.15, -0.1) is 0 Å². The van der Waals surface area contributed by atoms with Crippen LogP contribution in [0.4, 0.5) is 4.39 Å². The second kappa shape index (κ2) is 6.56. The van der Waals surface area contributed by atoms with Crippen LogP contribution in [0.3, 0.4) is 0 Å². The maximum absolute atomic E-state index is 13.0. The highest BCUT2D eigenvalue weighted by Crippen LogP contribution is 2.22. The first-order valence-corrected chi connectivity index (χ1v) is 7.44. The lowest BCUT2D eigenvalue weighted by Crippen LogP contribution is -2.24. The number of aromatic amines is 1. The molecule has 22 heavy (non-hydrogen) atoms. The van der Waals surface area contributed by atoms with E-state index in [-0.39, 0.29) is 11.7 Å². The van der Waals surface area contributed by atoms with E-state index in [0.29, 0.717) is 18.9 Å². The van der Waals surface area contributed by atoms with Crippen LogP contribution in [0.2, 0.25) is 0 Å². The van der Waals surface area contributed by atoms with Crippen molar-refractivity contribution >= 4 is 5.91 Å². The number of amides is 1. The Kier molecular flexibility index (Phi) is 4.32. The summed E-state index contributed by atoms with van der Waals surface area (Å²) in [5, 5.41) is 9.85. The molecule has 1 heterocycles. The number of carbonyl (C=O) groups excluding carboxylic acids is 1. The number of halogens is 1. The molecule has 1 aliphatic rings. The van der Waals surface area contributed by atoms with Crippen molar-refractivity contribution in [2.75, 3.05) is 0 Å². The normalized spacial score (nSPS) is 16.9. The molecule has 5 heteroatoms. The molecule has 0 radical (unpaired) electrons. The van der Waals surface area contributed by atoms with Crippen LogP contribution < -0.4 is 5.32 Å². The van der Waals surface area contributed by atoms with Crippen molar-refractivity contribution in [1.29, 1.82) is 0 Å². The molecule has 4 nitrogen and oxygen atoms in total. The Labute approximate surface area is 128 Å². The summed E-state index contributed by atoms with van der Waals surface area (Å²) in [5.74, 6) is 0.131. The highest BCUT2D eigenvalue weighted by Gasteiger charge is 2.15. The van der Waals surface area contributed by atoms with Crippen LogP contribution in [0, 0.1) is 11.7 Å².